The largest absolute Gasteiger partial charge is 0.380 e. The lowest BCUT2D eigenvalue weighted by molar-refractivity contribution is 0.154. The molecule has 0 aliphatic rings. The fraction of sp³-hybridized carbons (Fsp3) is 0.500. The van der Waals surface area contributed by atoms with Crippen molar-refractivity contribution in [3.8, 4) is 0 Å². The lowest BCUT2D eigenvalue weighted by atomic mass is 10.4. The fourth-order valence-corrected chi connectivity index (χ4v) is 1.56. The fourth-order valence-electron chi connectivity index (χ4n) is 1.56. The maximum atomic E-state index is 5.64. The predicted molar refractivity (Wildman–Crippen MR) is 65.9 cm³/mol. The molecular formula is C10H16N6O. The van der Waals surface area contributed by atoms with Gasteiger partial charge in [0.2, 0.25) is 5.95 Å². The van der Waals surface area contributed by atoms with Crippen LogP contribution in [0.5, 0.6) is 0 Å². The molecule has 0 unspecified atom stereocenters. The van der Waals surface area contributed by atoms with Gasteiger partial charge in [-0.25, -0.2) is 4.98 Å². The van der Waals surface area contributed by atoms with Gasteiger partial charge < -0.3 is 20.4 Å². The maximum absolute atomic E-state index is 5.64. The third-order valence-electron chi connectivity index (χ3n) is 2.42. The van der Waals surface area contributed by atoms with Gasteiger partial charge >= 0.3 is 0 Å². The Bertz CT molecular complexity index is 497. The van der Waals surface area contributed by atoms with Crippen molar-refractivity contribution in [2.45, 2.75) is 6.92 Å². The van der Waals surface area contributed by atoms with Crippen molar-refractivity contribution in [3.63, 3.8) is 0 Å². The summed E-state index contributed by atoms with van der Waals surface area (Å²) >= 11 is 0. The lowest BCUT2D eigenvalue weighted by Crippen LogP contribution is -2.24. The highest BCUT2D eigenvalue weighted by Crippen LogP contribution is 2.20. The van der Waals surface area contributed by atoms with Crippen LogP contribution in [0.1, 0.15) is 6.92 Å². The van der Waals surface area contributed by atoms with Crippen LogP contribution in [0, 0.1) is 0 Å². The number of H-pyrrole nitrogens is 1. The number of aromatic nitrogens is 4. The molecule has 7 nitrogen and oxygen atoms in total. The topological polar surface area (TPSA) is 92.9 Å². The van der Waals surface area contributed by atoms with Crippen LogP contribution in [0.25, 0.3) is 11.2 Å². The summed E-state index contributed by atoms with van der Waals surface area (Å²) in [6.45, 7) is 4.06. The standard InChI is InChI=1S/C10H16N6O/c1-3-17-5-4-16(2)9-7-8(13-6-12-7)14-10(11)15-9/h6H,3-5H2,1-2H3,(H3,11,12,13,14,15). The van der Waals surface area contributed by atoms with Crippen LogP contribution in [-0.2, 0) is 4.74 Å². The zero-order valence-corrected chi connectivity index (χ0v) is 9.97. The van der Waals surface area contributed by atoms with E-state index in [1.54, 1.807) is 6.33 Å². The van der Waals surface area contributed by atoms with Gasteiger partial charge in [0, 0.05) is 20.2 Å². The Labute approximate surface area is 99.0 Å². The minimum absolute atomic E-state index is 0.225. The molecule has 0 aliphatic heterocycles. The molecule has 0 radical (unpaired) electrons. The number of nitrogens with one attached hydrogen (secondary N) is 1. The van der Waals surface area contributed by atoms with E-state index in [9.17, 15) is 0 Å². The van der Waals surface area contributed by atoms with Crippen LogP contribution in [-0.4, -0.2) is 46.7 Å². The molecule has 0 fully saturated rings. The molecular weight excluding hydrogens is 220 g/mol. The lowest BCUT2D eigenvalue weighted by Gasteiger charge is -2.18. The number of hydrogen-bond acceptors (Lipinski definition) is 6. The van der Waals surface area contributed by atoms with Crippen LogP contribution in [0.15, 0.2) is 6.33 Å². The molecule has 17 heavy (non-hydrogen) atoms. The van der Waals surface area contributed by atoms with Crippen molar-refractivity contribution < 1.29 is 4.74 Å². The molecule has 0 atom stereocenters. The normalized spacial score (nSPS) is 10.9. The van der Waals surface area contributed by atoms with Gasteiger partial charge in [0.25, 0.3) is 0 Å². The second kappa shape index (κ2) is 4.96. The molecule has 0 aliphatic carbocycles. The summed E-state index contributed by atoms with van der Waals surface area (Å²) in [7, 11) is 1.93. The highest BCUT2D eigenvalue weighted by Gasteiger charge is 2.12. The van der Waals surface area contributed by atoms with E-state index in [-0.39, 0.29) is 5.95 Å². The van der Waals surface area contributed by atoms with Crippen molar-refractivity contribution in [3.05, 3.63) is 6.33 Å². The van der Waals surface area contributed by atoms with Gasteiger partial charge in [0.1, 0.15) is 5.52 Å². The van der Waals surface area contributed by atoms with Gasteiger partial charge in [-0.05, 0) is 6.92 Å². The summed E-state index contributed by atoms with van der Waals surface area (Å²) in [5.74, 6) is 0.965. The molecule has 0 saturated carbocycles. The van der Waals surface area contributed by atoms with Gasteiger partial charge in [0.05, 0.1) is 12.9 Å². The van der Waals surface area contributed by atoms with Gasteiger partial charge in [-0.15, -0.1) is 0 Å². The van der Waals surface area contributed by atoms with Crippen LogP contribution >= 0.6 is 0 Å². The highest BCUT2D eigenvalue weighted by molar-refractivity contribution is 5.83. The second-order valence-corrected chi connectivity index (χ2v) is 3.63. The monoisotopic (exact) mass is 236 g/mol. The molecule has 3 N–H and O–H groups in total. The Morgan fingerprint density at radius 1 is 1.47 bits per heavy atom. The first-order valence-corrected chi connectivity index (χ1v) is 5.48. The van der Waals surface area contributed by atoms with Gasteiger partial charge in [0.15, 0.2) is 11.5 Å². The Hall–Kier alpha value is -1.89. The third kappa shape index (κ3) is 2.44. The number of nitrogens with two attached hydrogens (primary N) is 1. The summed E-state index contributed by atoms with van der Waals surface area (Å²) in [5, 5.41) is 0. The Balaban J connectivity index is 2.24. The summed E-state index contributed by atoms with van der Waals surface area (Å²) in [6, 6.07) is 0. The Morgan fingerprint density at radius 3 is 3.06 bits per heavy atom. The third-order valence-corrected chi connectivity index (χ3v) is 2.42. The van der Waals surface area contributed by atoms with Crippen molar-refractivity contribution >= 4 is 22.9 Å². The zero-order valence-electron chi connectivity index (χ0n) is 9.97. The molecule has 2 heterocycles. The van der Waals surface area contributed by atoms with E-state index in [2.05, 4.69) is 19.9 Å². The smallest absolute Gasteiger partial charge is 0.224 e. The van der Waals surface area contributed by atoms with Crippen LogP contribution in [0.4, 0.5) is 11.8 Å². The molecule has 92 valence electrons. The molecule has 2 rings (SSSR count). The number of likely N-dealkylation sites (N-methyl/N-ethyl adjacent to an activating group) is 1. The number of rotatable bonds is 5. The van der Waals surface area contributed by atoms with Crippen molar-refractivity contribution in [1.82, 2.24) is 19.9 Å². The minimum atomic E-state index is 0.225. The van der Waals surface area contributed by atoms with E-state index in [4.69, 9.17) is 10.5 Å². The SMILES string of the molecule is CCOCCN(C)c1nc(N)nc2nc[nH]c12. The predicted octanol–water partition coefficient (Wildman–Crippen LogP) is 0.408. The van der Waals surface area contributed by atoms with E-state index in [1.807, 2.05) is 18.9 Å². The Kier molecular flexibility index (Phi) is 3.38. The zero-order chi connectivity index (χ0) is 12.3. The first-order chi connectivity index (χ1) is 8.22. The number of anilines is 2. The summed E-state index contributed by atoms with van der Waals surface area (Å²) in [6.07, 6.45) is 1.58. The summed E-state index contributed by atoms with van der Waals surface area (Å²) in [5.41, 5.74) is 7.01. The number of ether oxygens (including phenoxy) is 1. The molecule has 0 saturated heterocycles. The van der Waals surface area contributed by atoms with E-state index < -0.39 is 0 Å². The van der Waals surface area contributed by atoms with Crippen molar-refractivity contribution in [2.75, 3.05) is 37.4 Å². The van der Waals surface area contributed by atoms with Crippen molar-refractivity contribution in [2.24, 2.45) is 0 Å². The molecule has 0 spiro atoms. The Morgan fingerprint density at radius 2 is 2.29 bits per heavy atom. The molecule has 2 aromatic heterocycles. The molecule has 0 aromatic carbocycles. The van der Waals surface area contributed by atoms with Crippen molar-refractivity contribution in [1.29, 1.82) is 0 Å². The number of fused-ring (bicyclic) bond motifs is 1. The van der Waals surface area contributed by atoms with Crippen LogP contribution in [0.2, 0.25) is 0 Å². The molecule has 7 heteroatoms. The average molecular weight is 236 g/mol. The van der Waals surface area contributed by atoms with Crippen LogP contribution in [0.3, 0.4) is 0 Å². The number of aromatic amines is 1. The number of nitrogen functional groups attached to an aromatic ring is 1. The van der Waals surface area contributed by atoms with Gasteiger partial charge in [-0.2, -0.15) is 9.97 Å². The van der Waals surface area contributed by atoms with E-state index in [0.29, 0.717) is 18.9 Å². The number of imidazole rings is 1. The van der Waals surface area contributed by atoms with Gasteiger partial charge in [-0.3, -0.25) is 0 Å². The first kappa shape index (κ1) is 11.6. The summed E-state index contributed by atoms with van der Waals surface area (Å²) in [4.78, 5) is 17.3. The minimum Gasteiger partial charge on any atom is -0.380 e. The quantitative estimate of drug-likeness (QED) is 0.730. The van der Waals surface area contributed by atoms with E-state index in [0.717, 1.165) is 17.9 Å². The summed E-state index contributed by atoms with van der Waals surface area (Å²) < 4.78 is 5.31. The van der Waals surface area contributed by atoms with E-state index >= 15 is 0 Å². The maximum Gasteiger partial charge on any atom is 0.224 e. The number of nitrogens with zero attached hydrogens (tertiary/aromatic N) is 4. The van der Waals surface area contributed by atoms with Crippen LogP contribution < -0.4 is 10.6 Å². The molecule has 0 bridgehead atoms. The van der Waals surface area contributed by atoms with Gasteiger partial charge in [-0.1, -0.05) is 0 Å². The highest BCUT2D eigenvalue weighted by atomic mass is 16.5. The number of hydrogen-bond donors (Lipinski definition) is 2. The molecule has 0 amide bonds. The molecule has 2 aromatic rings. The van der Waals surface area contributed by atoms with E-state index in [1.165, 1.54) is 0 Å². The average Bonchev–Trinajstić information content (AvgIpc) is 2.75. The first-order valence-electron chi connectivity index (χ1n) is 5.48. The second-order valence-electron chi connectivity index (χ2n) is 3.63.